The highest BCUT2D eigenvalue weighted by Gasteiger charge is 2.27. The second-order valence-corrected chi connectivity index (χ2v) is 11.5. The number of amides is 1. The van der Waals surface area contributed by atoms with Crippen molar-refractivity contribution in [2.45, 2.75) is 44.6 Å². The Kier molecular flexibility index (Phi) is 6.74. The Hall–Kier alpha value is -3.18. The van der Waals surface area contributed by atoms with Crippen LogP contribution in [0.4, 0.5) is 10.6 Å². The monoisotopic (exact) mass is 500 g/mol. The van der Waals surface area contributed by atoms with E-state index in [1.807, 2.05) is 39.8 Å². The highest BCUT2D eigenvalue weighted by Crippen LogP contribution is 2.27. The molecule has 0 radical (unpaired) electrons. The number of ether oxygens (including phenoxy) is 1. The minimum absolute atomic E-state index is 0.198. The van der Waals surface area contributed by atoms with Gasteiger partial charge in [-0.15, -0.1) is 0 Å². The number of benzene rings is 1. The van der Waals surface area contributed by atoms with Crippen LogP contribution < -0.4 is 5.01 Å². The van der Waals surface area contributed by atoms with Crippen molar-refractivity contribution in [3.8, 4) is 0 Å². The predicted octanol–water partition coefficient (Wildman–Crippen LogP) is 3.27. The molecule has 3 heterocycles. The van der Waals surface area contributed by atoms with E-state index in [1.165, 1.54) is 16.5 Å². The normalized spacial score (nSPS) is 15.7. The van der Waals surface area contributed by atoms with Crippen LogP contribution in [0.15, 0.2) is 47.8 Å². The number of carbonyl (C=O) groups excluding carboxylic acids is 1. The predicted molar refractivity (Wildman–Crippen MR) is 134 cm³/mol. The van der Waals surface area contributed by atoms with Crippen LogP contribution in [-0.2, 0) is 14.8 Å². The Bertz CT molecular complexity index is 1310. The van der Waals surface area contributed by atoms with Gasteiger partial charge in [0, 0.05) is 39.4 Å². The molecule has 0 aliphatic carbocycles. The highest BCUT2D eigenvalue weighted by atomic mass is 32.2. The van der Waals surface area contributed by atoms with Crippen LogP contribution in [0.5, 0.6) is 0 Å². The number of hydrazine groups is 1. The number of carbonyl (C=O) groups is 1. The van der Waals surface area contributed by atoms with E-state index < -0.39 is 15.6 Å². The molecule has 35 heavy (non-hydrogen) atoms. The molecule has 1 amide bonds. The fourth-order valence-corrected chi connectivity index (χ4v) is 5.34. The van der Waals surface area contributed by atoms with Crippen molar-refractivity contribution in [3.63, 3.8) is 0 Å². The van der Waals surface area contributed by atoms with Crippen molar-refractivity contribution >= 4 is 33.0 Å². The Labute approximate surface area is 206 Å². The lowest BCUT2D eigenvalue weighted by Gasteiger charge is -2.32. The van der Waals surface area contributed by atoms with E-state index in [-0.39, 0.29) is 11.0 Å². The summed E-state index contributed by atoms with van der Waals surface area (Å²) in [6.07, 6.45) is 3.34. The molecule has 1 aliphatic heterocycles. The molecule has 1 saturated heterocycles. The van der Waals surface area contributed by atoms with E-state index >= 15 is 0 Å². The number of anilines is 1. The Morgan fingerprint density at radius 3 is 2.43 bits per heavy atom. The molecule has 1 fully saturated rings. The van der Waals surface area contributed by atoms with Gasteiger partial charge in [0.05, 0.1) is 10.3 Å². The van der Waals surface area contributed by atoms with Gasteiger partial charge in [-0.3, -0.25) is 5.01 Å². The Morgan fingerprint density at radius 2 is 1.74 bits per heavy atom. The van der Waals surface area contributed by atoms with Crippen molar-refractivity contribution in [2.75, 3.05) is 38.2 Å². The molecule has 3 aromatic rings. The Morgan fingerprint density at radius 1 is 1.03 bits per heavy atom. The largest absolute Gasteiger partial charge is 0.444 e. The molecule has 0 N–H and O–H groups in total. The van der Waals surface area contributed by atoms with E-state index in [0.717, 1.165) is 12.0 Å². The zero-order valence-electron chi connectivity index (χ0n) is 20.8. The first-order valence-electron chi connectivity index (χ1n) is 11.6. The van der Waals surface area contributed by atoms with Gasteiger partial charge in [-0.1, -0.05) is 17.7 Å². The number of hydrogen-bond acceptors (Lipinski definition) is 8. The van der Waals surface area contributed by atoms with Gasteiger partial charge in [-0.2, -0.15) is 0 Å². The minimum atomic E-state index is -3.81. The molecule has 0 atom stereocenters. The standard InChI is InChI=1S/C24H32N6O4S/c1-18-7-9-19(10-8-18)35(32,33)30-14-11-20-21(25-17-26-22(20)30)27(5)29-13-6-12-28(15-16-29)23(31)34-24(2,3)4/h7-11,14,17H,6,12-13,15-16H2,1-5H3. The summed E-state index contributed by atoms with van der Waals surface area (Å²) in [7, 11) is -1.92. The van der Waals surface area contributed by atoms with E-state index in [1.54, 1.807) is 35.2 Å². The maximum absolute atomic E-state index is 13.3. The van der Waals surface area contributed by atoms with Gasteiger partial charge in [0.2, 0.25) is 0 Å². The van der Waals surface area contributed by atoms with Crippen LogP contribution in [-0.4, -0.2) is 77.2 Å². The van der Waals surface area contributed by atoms with Gasteiger partial charge in [-0.05, 0) is 52.3 Å². The second-order valence-electron chi connectivity index (χ2n) is 9.66. The lowest BCUT2D eigenvalue weighted by Crippen LogP contribution is -2.44. The summed E-state index contributed by atoms with van der Waals surface area (Å²) >= 11 is 0. The summed E-state index contributed by atoms with van der Waals surface area (Å²) in [4.78, 5) is 23.2. The van der Waals surface area contributed by atoms with Crippen LogP contribution >= 0.6 is 0 Å². The minimum Gasteiger partial charge on any atom is -0.444 e. The fraction of sp³-hybridized carbons (Fsp3) is 0.458. The first-order valence-corrected chi connectivity index (χ1v) is 13.0. The number of rotatable bonds is 4. The molecule has 0 unspecified atom stereocenters. The van der Waals surface area contributed by atoms with Crippen molar-refractivity contribution < 1.29 is 17.9 Å². The smallest absolute Gasteiger partial charge is 0.410 e. The van der Waals surface area contributed by atoms with Crippen LogP contribution in [0.3, 0.4) is 0 Å². The van der Waals surface area contributed by atoms with Gasteiger partial charge in [0.25, 0.3) is 10.0 Å². The zero-order chi connectivity index (χ0) is 25.4. The van der Waals surface area contributed by atoms with Crippen LogP contribution in [0.25, 0.3) is 11.0 Å². The number of hydrogen-bond donors (Lipinski definition) is 0. The van der Waals surface area contributed by atoms with Crippen molar-refractivity contribution in [2.24, 2.45) is 0 Å². The lowest BCUT2D eigenvalue weighted by atomic mass is 10.2. The topological polar surface area (TPSA) is 101 Å². The van der Waals surface area contributed by atoms with Gasteiger partial charge >= 0.3 is 6.09 Å². The first-order chi connectivity index (χ1) is 16.5. The Balaban J connectivity index is 1.57. The van der Waals surface area contributed by atoms with Gasteiger partial charge in [-0.25, -0.2) is 32.2 Å². The third-order valence-electron chi connectivity index (χ3n) is 5.86. The van der Waals surface area contributed by atoms with E-state index in [9.17, 15) is 13.2 Å². The molecular formula is C24H32N6O4S. The van der Waals surface area contributed by atoms with E-state index in [4.69, 9.17) is 4.74 Å². The van der Waals surface area contributed by atoms with Crippen LogP contribution in [0.2, 0.25) is 0 Å². The molecular weight excluding hydrogens is 468 g/mol. The van der Waals surface area contributed by atoms with Gasteiger partial charge in [0.15, 0.2) is 11.5 Å². The van der Waals surface area contributed by atoms with Crippen LogP contribution in [0, 0.1) is 6.92 Å². The van der Waals surface area contributed by atoms with Gasteiger partial charge < -0.3 is 9.64 Å². The summed E-state index contributed by atoms with van der Waals surface area (Å²) in [6.45, 7) is 9.89. The fourth-order valence-electron chi connectivity index (χ4n) is 4.04. The van der Waals surface area contributed by atoms with Gasteiger partial charge in [0.1, 0.15) is 11.9 Å². The molecule has 11 heteroatoms. The molecule has 10 nitrogen and oxygen atoms in total. The van der Waals surface area contributed by atoms with E-state index in [2.05, 4.69) is 15.0 Å². The lowest BCUT2D eigenvalue weighted by molar-refractivity contribution is 0.0257. The molecule has 4 rings (SSSR count). The third-order valence-corrected chi connectivity index (χ3v) is 7.54. The van der Waals surface area contributed by atoms with Crippen molar-refractivity contribution in [1.29, 1.82) is 0 Å². The maximum Gasteiger partial charge on any atom is 0.410 e. The first kappa shape index (κ1) is 24.9. The van der Waals surface area contributed by atoms with Crippen LogP contribution in [0.1, 0.15) is 32.8 Å². The SMILES string of the molecule is Cc1ccc(S(=O)(=O)n2ccc3c(N(C)N4CCCN(C(=O)OC(C)(C)C)CC4)ncnc32)cc1. The number of aryl methyl sites for hydroxylation is 1. The molecule has 188 valence electrons. The molecule has 1 aliphatic rings. The maximum atomic E-state index is 13.3. The number of aromatic nitrogens is 3. The quantitative estimate of drug-likeness (QED) is 0.538. The summed E-state index contributed by atoms with van der Waals surface area (Å²) < 4.78 is 33.3. The molecule has 1 aromatic carbocycles. The molecule has 0 bridgehead atoms. The van der Waals surface area contributed by atoms with Crippen molar-refractivity contribution in [1.82, 2.24) is 23.8 Å². The average Bonchev–Trinajstić information content (AvgIpc) is 3.08. The zero-order valence-corrected chi connectivity index (χ0v) is 21.6. The molecule has 0 spiro atoms. The highest BCUT2D eigenvalue weighted by molar-refractivity contribution is 7.90. The number of nitrogens with zero attached hydrogens (tertiary/aromatic N) is 6. The average molecular weight is 501 g/mol. The third kappa shape index (κ3) is 5.25. The summed E-state index contributed by atoms with van der Waals surface area (Å²) in [6, 6.07) is 8.45. The summed E-state index contributed by atoms with van der Waals surface area (Å²) in [5.41, 5.74) is 0.751. The molecule has 0 saturated carbocycles. The van der Waals surface area contributed by atoms with E-state index in [0.29, 0.717) is 43.0 Å². The number of fused-ring (bicyclic) bond motifs is 1. The van der Waals surface area contributed by atoms with Crippen molar-refractivity contribution in [3.05, 3.63) is 48.4 Å². The summed E-state index contributed by atoms with van der Waals surface area (Å²) in [5.74, 6) is 0.596. The second kappa shape index (κ2) is 9.46. The summed E-state index contributed by atoms with van der Waals surface area (Å²) in [5, 5.41) is 4.63. The molecule has 2 aromatic heterocycles.